The van der Waals surface area contributed by atoms with Gasteiger partial charge in [-0.3, -0.25) is 0 Å². The predicted octanol–water partition coefficient (Wildman–Crippen LogP) is 11.4. The highest BCUT2D eigenvalue weighted by molar-refractivity contribution is 7.26. The lowest BCUT2D eigenvalue weighted by Crippen LogP contribution is -1.90. The van der Waals surface area contributed by atoms with Crippen LogP contribution in [0.4, 0.5) is 11.4 Å². The van der Waals surface area contributed by atoms with Gasteiger partial charge in [0.1, 0.15) is 0 Å². The minimum Gasteiger partial charge on any atom is -0.354 e. The summed E-state index contributed by atoms with van der Waals surface area (Å²) >= 11 is 1.85. The van der Waals surface area contributed by atoms with Crippen LogP contribution >= 0.6 is 11.3 Å². The molecule has 1 N–H and O–H groups in total. The van der Waals surface area contributed by atoms with E-state index in [0.29, 0.717) is 0 Å². The Morgan fingerprint density at radius 3 is 2.05 bits per heavy atom. The quantitative estimate of drug-likeness (QED) is 0.240. The van der Waals surface area contributed by atoms with Crippen LogP contribution in [0.5, 0.6) is 0 Å². The Kier molecular flexibility index (Phi) is 5.39. The van der Waals surface area contributed by atoms with E-state index in [1.54, 1.807) is 0 Å². The van der Waals surface area contributed by atoms with Gasteiger partial charge in [0, 0.05) is 21.2 Å². The third-order valence-corrected chi connectivity index (χ3v) is 9.06. The molecule has 0 bridgehead atoms. The molecule has 0 aliphatic carbocycles. The minimum absolute atomic E-state index is 1.09. The lowest BCUT2D eigenvalue weighted by Gasteiger charge is -2.12. The fourth-order valence-electron chi connectivity index (χ4n) is 5.81. The number of fused-ring (bicyclic) bond motifs is 5. The number of nitrogens with one attached hydrogen (secondary N) is 1. The molecular formula is C38H25NS. The van der Waals surface area contributed by atoms with Crippen LogP contribution in [0.2, 0.25) is 0 Å². The molecular weight excluding hydrogens is 502 g/mol. The number of hydrogen-bond acceptors (Lipinski definition) is 2. The zero-order valence-corrected chi connectivity index (χ0v) is 22.6. The van der Waals surface area contributed by atoms with Gasteiger partial charge in [-0.05, 0) is 80.2 Å². The number of benzene rings is 7. The maximum atomic E-state index is 3.67. The Labute approximate surface area is 237 Å². The van der Waals surface area contributed by atoms with Gasteiger partial charge < -0.3 is 5.32 Å². The second-order valence-corrected chi connectivity index (χ2v) is 11.3. The van der Waals surface area contributed by atoms with Crippen molar-refractivity contribution in [1.29, 1.82) is 0 Å². The molecule has 1 aromatic heterocycles. The lowest BCUT2D eigenvalue weighted by molar-refractivity contribution is 1.57. The molecule has 1 nitrogen and oxygen atoms in total. The van der Waals surface area contributed by atoms with Gasteiger partial charge in [-0.2, -0.15) is 0 Å². The summed E-state index contributed by atoms with van der Waals surface area (Å²) in [5.41, 5.74) is 7.18. The Morgan fingerprint density at radius 1 is 0.425 bits per heavy atom. The molecule has 0 aliphatic rings. The maximum Gasteiger partial charge on any atom is 0.0590 e. The van der Waals surface area contributed by atoms with Crippen molar-refractivity contribution in [3.05, 3.63) is 146 Å². The van der Waals surface area contributed by atoms with Gasteiger partial charge in [-0.25, -0.2) is 0 Å². The third-order valence-electron chi connectivity index (χ3n) is 7.84. The van der Waals surface area contributed by atoms with E-state index in [-0.39, 0.29) is 0 Å². The summed E-state index contributed by atoms with van der Waals surface area (Å²) in [7, 11) is 0. The zero-order chi connectivity index (χ0) is 26.5. The summed E-state index contributed by atoms with van der Waals surface area (Å²) in [4.78, 5) is 0. The summed E-state index contributed by atoms with van der Waals surface area (Å²) in [6, 6.07) is 52.7. The third kappa shape index (κ3) is 3.93. The first-order chi connectivity index (χ1) is 19.8. The van der Waals surface area contributed by atoms with Crippen LogP contribution in [0.1, 0.15) is 0 Å². The summed E-state index contributed by atoms with van der Waals surface area (Å²) < 4.78 is 2.62. The van der Waals surface area contributed by atoms with Crippen molar-refractivity contribution < 1.29 is 0 Å². The van der Waals surface area contributed by atoms with Crippen molar-refractivity contribution in [2.24, 2.45) is 0 Å². The van der Waals surface area contributed by atoms with Crippen molar-refractivity contribution in [1.82, 2.24) is 0 Å². The number of hydrogen-bond donors (Lipinski definition) is 1. The second kappa shape index (κ2) is 9.37. The Bertz CT molecular complexity index is 2190. The molecule has 188 valence electrons. The van der Waals surface area contributed by atoms with E-state index in [4.69, 9.17) is 0 Å². The molecule has 0 saturated carbocycles. The summed E-state index contributed by atoms with van der Waals surface area (Å²) in [6.45, 7) is 0. The lowest BCUT2D eigenvalue weighted by atomic mass is 9.93. The normalized spacial score (nSPS) is 11.5. The predicted molar refractivity (Wildman–Crippen MR) is 175 cm³/mol. The van der Waals surface area contributed by atoms with Crippen LogP contribution in [0.15, 0.2) is 146 Å². The van der Waals surface area contributed by atoms with Gasteiger partial charge in [0.05, 0.1) is 10.4 Å². The maximum absolute atomic E-state index is 3.67. The number of rotatable bonds is 4. The Morgan fingerprint density at radius 2 is 1.12 bits per heavy atom. The first kappa shape index (κ1) is 23.0. The molecule has 0 atom stereocenters. The van der Waals surface area contributed by atoms with Gasteiger partial charge in [0.2, 0.25) is 0 Å². The van der Waals surface area contributed by atoms with Crippen LogP contribution in [-0.2, 0) is 0 Å². The smallest absolute Gasteiger partial charge is 0.0590 e. The summed E-state index contributed by atoms with van der Waals surface area (Å²) in [5.74, 6) is 0. The van der Waals surface area contributed by atoms with Crippen LogP contribution in [-0.4, -0.2) is 0 Å². The molecule has 8 rings (SSSR count). The monoisotopic (exact) mass is 527 g/mol. The molecule has 0 unspecified atom stereocenters. The fourth-order valence-corrected chi connectivity index (χ4v) is 6.98. The molecule has 8 aromatic rings. The fraction of sp³-hybridized carbons (Fsp3) is 0. The highest BCUT2D eigenvalue weighted by Gasteiger charge is 2.10. The van der Waals surface area contributed by atoms with Gasteiger partial charge in [0.25, 0.3) is 0 Å². The first-order valence-electron chi connectivity index (χ1n) is 13.6. The average Bonchev–Trinajstić information content (AvgIpc) is 3.40. The van der Waals surface area contributed by atoms with E-state index in [0.717, 1.165) is 11.4 Å². The molecule has 1 heterocycles. The van der Waals surface area contributed by atoms with Crippen molar-refractivity contribution in [2.75, 3.05) is 5.32 Å². The zero-order valence-electron chi connectivity index (χ0n) is 21.8. The van der Waals surface area contributed by atoms with Crippen molar-refractivity contribution >= 4 is 64.4 Å². The van der Waals surface area contributed by atoms with Crippen molar-refractivity contribution in [3.8, 4) is 22.3 Å². The van der Waals surface area contributed by atoms with Gasteiger partial charge in [-0.1, -0.05) is 109 Å². The largest absolute Gasteiger partial charge is 0.354 e. The van der Waals surface area contributed by atoms with Crippen LogP contribution in [0.25, 0.3) is 64.0 Å². The van der Waals surface area contributed by atoms with Gasteiger partial charge >= 0.3 is 0 Å². The molecule has 2 heteroatoms. The van der Waals surface area contributed by atoms with Crippen molar-refractivity contribution in [3.63, 3.8) is 0 Å². The van der Waals surface area contributed by atoms with Crippen LogP contribution < -0.4 is 5.32 Å². The minimum atomic E-state index is 1.09. The second-order valence-electron chi connectivity index (χ2n) is 10.3. The standard InChI is InChI=1S/C38H25NS/c1-2-8-28-23-30(18-15-25(28)7-1)32-11-5-9-27-16-17-29(24-35(27)32)26-19-21-31(22-20-26)39-36-13-6-12-34-33-10-3-4-14-37(33)40-38(34)36/h1-24,39H. The number of thiophene rings is 1. The first-order valence-corrected chi connectivity index (χ1v) is 14.4. The van der Waals surface area contributed by atoms with Crippen LogP contribution in [0, 0.1) is 0 Å². The van der Waals surface area contributed by atoms with E-state index >= 15 is 0 Å². The van der Waals surface area contributed by atoms with Gasteiger partial charge in [-0.15, -0.1) is 11.3 Å². The van der Waals surface area contributed by atoms with Crippen LogP contribution in [0.3, 0.4) is 0 Å². The molecule has 0 radical (unpaired) electrons. The average molecular weight is 528 g/mol. The van der Waals surface area contributed by atoms with E-state index in [1.165, 1.54) is 64.0 Å². The molecule has 40 heavy (non-hydrogen) atoms. The number of anilines is 2. The molecule has 0 aliphatic heterocycles. The topological polar surface area (TPSA) is 12.0 Å². The molecule has 0 saturated heterocycles. The highest BCUT2D eigenvalue weighted by Crippen LogP contribution is 2.39. The van der Waals surface area contributed by atoms with Gasteiger partial charge in [0.15, 0.2) is 0 Å². The summed E-state index contributed by atoms with van der Waals surface area (Å²) in [6.07, 6.45) is 0. The molecule has 0 fully saturated rings. The van der Waals surface area contributed by atoms with E-state index in [1.807, 2.05) is 11.3 Å². The van der Waals surface area contributed by atoms with E-state index < -0.39 is 0 Å². The molecule has 0 amide bonds. The van der Waals surface area contributed by atoms with Crippen molar-refractivity contribution in [2.45, 2.75) is 0 Å². The molecule has 0 spiro atoms. The SMILES string of the molecule is c1ccc2cc(-c3cccc4ccc(-c5ccc(Nc6cccc7c6sc6ccccc67)cc5)cc34)ccc2c1. The highest BCUT2D eigenvalue weighted by atomic mass is 32.1. The van der Waals surface area contributed by atoms with E-state index in [2.05, 4.69) is 151 Å². The Hall–Kier alpha value is -4.92. The Balaban J connectivity index is 1.14. The van der Waals surface area contributed by atoms with E-state index in [9.17, 15) is 0 Å². The molecule has 7 aromatic carbocycles. The summed E-state index contributed by atoms with van der Waals surface area (Å²) in [5, 5.41) is 11.4.